The van der Waals surface area contributed by atoms with E-state index in [9.17, 15) is 9.59 Å². The number of amides is 1. The van der Waals surface area contributed by atoms with Gasteiger partial charge in [0.05, 0.1) is 19.8 Å². The van der Waals surface area contributed by atoms with Crippen LogP contribution in [0.3, 0.4) is 0 Å². The normalized spacial score (nSPS) is 30.3. The van der Waals surface area contributed by atoms with Crippen LogP contribution in [0.1, 0.15) is 39.0 Å². The molecular formula is C20H25NO5. The molecule has 1 aromatic carbocycles. The summed E-state index contributed by atoms with van der Waals surface area (Å²) in [5, 5.41) is 0. The Morgan fingerprint density at radius 1 is 1.19 bits per heavy atom. The van der Waals surface area contributed by atoms with Crippen LogP contribution in [0.5, 0.6) is 5.75 Å². The van der Waals surface area contributed by atoms with Crippen molar-refractivity contribution in [3.63, 3.8) is 0 Å². The van der Waals surface area contributed by atoms with E-state index in [1.54, 1.807) is 12.0 Å². The zero-order valence-corrected chi connectivity index (χ0v) is 15.3. The molecule has 0 bridgehead atoms. The molecule has 1 aliphatic carbocycles. The minimum absolute atomic E-state index is 0.113. The molecule has 3 atom stereocenters. The second kappa shape index (κ2) is 6.67. The van der Waals surface area contributed by atoms with Crippen molar-refractivity contribution in [1.29, 1.82) is 0 Å². The first-order chi connectivity index (χ1) is 12.5. The second-order valence-electron chi connectivity index (χ2n) is 7.42. The third-order valence-corrected chi connectivity index (χ3v) is 5.80. The Bertz CT molecular complexity index is 695. The van der Waals surface area contributed by atoms with Crippen molar-refractivity contribution in [2.45, 2.75) is 57.0 Å². The Labute approximate surface area is 153 Å². The van der Waals surface area contributed by atoms with Crippen LogP contribution in [0.15, 0.2) is 24.3 Å². The van der Waals surface area contributed by atoms with Crippen LogP contribution in [-0.2, 0) is 19.1 Å². The molecule has 1 amide bonds. The van der Waals surface area contributed by atoms with E-state index in [2.05, 4.69) is 0 Å². The van der Waals surface area contributed by atoms with Gasteiger partial charge in [0.15, 0.2) is 5.79 Å². The highest BCUT2D eigenvalue weighted by atomic mass is 16.7. The molecule has 0 aromatic heterocycles. The van der Waals surface area contributed by atoms with Gasteiger partial charge in [-0.25, -0.2) is 0 Å². The average molecular weight is 359 g/mol. The van der Waals surface area contributed by atoms with Crippen molar-refractivity contribution < 1.29 is 23.8 Å². The molecule has 0 N–H and O–H groups in total. The summed E-state index contributed by atoms with van der Waals surface area (Å²) in [7, 11) is 1.60. The number of carbonyl (C=O) groups is 2. The van der Waals surface area contributed by atoms with Gasteiger partial charge < -0.3 is 19.1 Å². The topological polar surface area (TPSA) is 65.1 Å². The zero-order valence-electron chi connectivity index (χ0n) is 15.3. The summed E-state index contributed by atoms with van der Waals surface area (Å²) < 4.78 is 17.6. The molecule has 0 radical (unpaired) electrons. The van der Waals surface area contributed by atoms with Crippen molar-refractivity contribution in [1.82, 2.24) is 0 Å². The van der Waals surface area contributed by atoms with Crippen LogP contribution in [0.2, 0.25) is 0 Å². The molecule has 6 heteroatoms. The standard InChI is InChI=1S/C20H25NO5/c1-13(22)17-18(16-12-25-20(26-16)10-4-3-5-11-20)21(19(17)23)14-6-8-15(24-2)9-7-14/h6-9,16-18H,3-5,10-12H2,1-2H3/t16-,17-,18-/m1/s1. The Kier molecular flexibility index (Phi) is 4.49. The minimum Gasteiger partial charge on any atom is -0.497 e. The molecule has 26 heavy (non-hydrogen) atoms. The molecule has 2 aliphatic heterocycles. The summed E-state index contributed by atoms with van der Waals surface area (Å²) >= 11 is 0. The SMILES string of the molecule is COc1ccc(N2C(=O)[C@H](C(C)=O)[C@H]2[C@H]2COC3(CCCCC3)O2)cc1. The Morgan fingerprint density at radius 3 is 2.50 bits per heavy atom. The monoisotopic (exact) mass is 359 g/mol. The fourth-order valence-corrected chi connectivity index (χ4v) is 4.45. The summed E-state index contributed by atoms with van der Waals surface area (Å²) in [6, 6.07) is 7.00. The molecule has 3 aliphatic rings. The van der Waals surface area contributed by atoms with Crippen LogP contribution < -0.4 is 9.64 Å². The maximum atomic E-state index is 12.7. The molecule has 1 aromatic rings. The molecular weight excluding hydrogens is 334 g/mol. The molecule has 6 nitrogen and oxygen atoms in total. The van der Waals surface area contributed by atoms with Crippen LogP contribution in [-0.4, -0.2) is 43.3 Å². The van der Waals surface area contributed by atoms with Crippen molar-refractivity contribution >= 4 is 17.4 Å². The van der Waals surface area contributed by atoms with E-state index in [1.807, 2.05) is 24.3 Å². The van der Waals surface area contributed by atoms with Crippen molar-refractivity contribution in [2.75, 3.05) is 18.6 Å². The van der Waals surface area contributed by atoms with Gasteiger partial charge in [-0.2, -0.15) is 0 Å². The van der Waals surface area contributed by atoms with Gasteiger partial charge in [-0.05, 0) is 44.0 Å². The van der Waals surface area contributed by atoms with E-state index in [0.717, 1.165) is 37.1 Å². The largest absolute Gasteiger partial charge is 0.497 e. The molecule has 4 rings (SSSR count). The number of nitrogens with zero attached hydrogens (tertiary/aromatic N) is 1. The van der Waals surface area contributed by atoms with E-state index in [0.29, 0.717) is 6.61 Å². The Morgan fingerprint density at radius 2 is 1.88 bits per heavy atom. The number of rotatable bonds is 4. The van der Waals surface area contributed by atoms with Crippen molar-refractivity contribution in [3.8, 4) is 5.75 Å². The lowest BCUT2D eigenvalue weighted by Gasteiger charge is -2.48. The summed E-state index contributed by atoms with van der Waals surface area (Å²) in [5.41, 5.74) is 0.756. The van der Waals surface area contributed by atoms with Crippen molar-refractivity contribution in [3.05, 3.63) is 24.3 Å². The number of benzene rings is 1. The lowest BCUT2D eigenvalue weighted by Crippen LogP contribution is -2.68. The Hall–Kier alpha value is -1.92. The predicted octanol–water partition coefficient (Wildman–Crippen LogP) is 2.69. The van der Waals surface area contributed by atoms with Gasteiger partial charge in [-0.15, -0.1) is 0 Å². The molecule has 1 spiro atoms. The van der Waals surface area contributed by atoms with Crippen molar-refractivity contribution in [2.24, 2.45) is 5.92 Å². The fourth-order valence-electron chi connectivity index (χ4n) is 4.45. The first-order valence-corrected chi connectivity index (χ1v) is 9.34. The van der Waals surface area contributed by atoms with Gasteiger partial charge in [0.1, 0.15) is 23.6 Å². The number of methoxy groups -OCH3 is 1. The maximum absolute atomic E-state index is 12.7. The minimum atomic E-state index is -0.649. The molecule has 3 fully saturated rings. The first-order valence-electron chi connectivity index (χ1n) is 9.34. The van der Waals surface area contributed by atoms with E-state index >= 15 is 0 Å². The van der Waals surface area contributed by atoms with Crippen LogP contribution in [0, 0.1) is 5.92 Å². The van der Waals surface area contributed by atoms with Gasteiger partial charge >= 0.3 is 0 Å². The molecule has 2 heterocycles. The van der Waals surface area contributed by atoms with Gasteiger partial charge in [-0.1, -0.05) is 6.42 Å². The summed E-state index contributed by atoms with van der Waals surface area (Å²) in [6.07, 6.45) is 4.88. The smallest absolute Gasteiger partial charge is 0.240 e. The third-order valence-electron chi connectivity index (χ3n) is 5.80. The lowest BCUT2D eigenvalue weighted by molar-refractivity contribution is -0.192. The van der Waals surface area contributed by atoms with E-state index in [4.69, 9.17) is 14.2 Å². The number of ketones is 1. The number of anilines is 1. The summed E-state index contributed by atoms with van der Waals surface area (Å²) in [5.74, 6) is -0.722. The van der Waals surface area contributed by atoms with Crippen LogP contribution >= 0.6 is 0 Å². The fraction of sp³-hybridized carbons (Fsp3) is 0.600. The van der Waals surface area contributed by atoms with Gasteiger partial charge in [0.25, 0.3) is 0 Å². The van der Waals surface area contributed by atoms with Gasteiger partial charge in [-0.3, -0.25) is 9.59 Å². The van der Waals surface area contributed by atoms with Crippen LogP contribution in [0.25, 0.3) is 0 Å². The average Bonchev–Trinajstić information content (AvgIpc) is 3.03. The number of hydrogen-bond donors (Lipinski definition) is 0. The first kappa shape index (κ1) is 17.5. The summed E-state index contributed by atoms with van der Waals surface area (Å²) in [4.78, 5) is 26.4. The highest BCUT2D eigenvalue weighted by Gasteiger charge is 2.58. The second-order valence-corrected chi connectivity index (χ2v) is 7.42. The number of Topliss-reactive ketones (excluding diaryl/α,β-unsaturated/α-hetero) is 1. The van der Waals surface area contributed by atoms with E-state index < -0.39 is 11.7 Å². The number of hydrogen-bond acceptors (Lipinski definition) is 5. The van der Waals surface area contributed by atoms with Gasteiger partial charge in [0, 0.05) is 18.5 Å². The zero-order chi connectivity index (χ0) is 18.3. The number of ether oxygens (including phenoxy) is 3. The van der Waals surface area contributed by atoms with E-state index in [1.165, 1.54) is 13.3 Å². The molecule has 0 unspecified atom stereocenters. The lowest BCUT2D eigenvalue weighted by atomic mass is 9.80. The number of β-lactam (4-membered cyclic amide) rings is 1. The third kappa shape index (κ3) is 2.81. The van der Waals surface area contributed by atoms with Crippen LogP contribution in [0.4, 0.5) is 5.69 Å². The number of carbonyl (C=O) groups excluding carboxylic acids is 2. The molecule has 1 saturated carbocycles. The van der Waals surface area contributed by atoms with E-state index in [-0.39, 0.29) is 23.8 Å². The molecule has 140 valence electrons. The maximum Gasteiger partial charge on any atom is 0.240 e. The molecule has 2 saturated heterocycles. The Balaban J connectivity index is 1.58. The summed E-state index contributed by atoms with van der Waals surface area (Å²) in [6.45, 7) is 1.90. The van der Waals surface area contributed by atoms with Gasteiger partial charge in [0.2, 0.25) is 5.91 Å². The predicted molar refractivity (Wildman–Crippen MR) is 95.1 cm³/mol. The quantitative estimate of drug-likeness (QED) is 0.611. The highest BCUT2D eigenvalue weighted by Crippen LogP contribution is 2.44. The highest BCUT2D eigenvalue weighted by molar-refractivity contribution is 6.15.